The second kappa shape index (κ2) is 8.46. The molecular formula is C19H24ClN3O5. The topological polar surface area (TPSA) is 105 Å². The molecule has 0 saturated carbocycles. The Hall–Kier alpha value is -2.16. The van der Waals surface area contributed by atoms with E-state index in [2.05, 4.69) is 4.98 Å². The van der Waals surface area contributed by atoms with Crippen LogP contribution in [0.2, 0.25) is 5.02 Å². The molecule has 1 fully saturated rings. The summed E-state index contributed by atoms with van der Waals surface area (Å²) >= 11 is 6.06. The van der Waals surface area contributed by atoms with Gasteiger partial charge in [0, 0.05) is 11.6 Å². The standard InChI is InChI=1S/C19H24ClN3O5/c1-11-6-12(20)7-14-17(11)21-10-22(18(14)26)9-13(24)8-15-16(25)4-3-5-23(15)19(27)28-2/h6-7,10,13,15-16,24-25H,3-5,8-9H2,1-2H3/t13-,15+,16-/m0/s1. The van der Waals surface area contributed by atoms with Gasteiger partial charge in [-0.2, -0.15) is 0 Å². The number of carbonyl (C=O) groups is 1. The van der Waals surface area contributed by atoms with Gasteiger partial charge in [0.1, 0.15) is 0 Å². The number of rotatable bonds is 4. The zero-order chi connectivity index (χ0) is 20.4. The van der Waals surface area contributed by atoms with Crippen molar-refractivity contribution in [3.8, 4) is 0 Å². The number of ether oxygens (including phenoxy) is 1. The lowest BCUT2D eigenvalue weighted by Gasteiger charge is -2.39. The molecule has 0 aliphatic carbocycles. The Kier molecular flexibility index (Phi) is 6.22. The molecule has 9 heteroatoms. The van der Waals surface area contributed by atoms with Gasteiger partial charge in [-0.05, 0) is 43.9 Å². The molecule has 0 radical (unpaired) electrons. The summed E-state index contributed by atoms with van der Waals surface area (Å²) in [7, 11) is 1.28. The largest absolute Gasteiger partial charge is 0.453 e. The van der Waals surface area contributed by atoms with Gasteiger partial charge in [-0.15, -0.1) is 0 Å². The second-order valence-corrected chi connectivity index (χ2v) is 7.59. The Morgan fingerprint density at radius 2 is 2.21 bits per heavy atom. The predicted octanol–water partition coefficient (Wildman–Crippen LogP) is 1.70. The Morgan fingerprint density at radius 3 is 2.93 bits per heavy atom. The van der Waals surface area contributed by atoms with Crippen LogP contribution in [0.3, 0.4) is 0 Å². The molecule has 2 N–H and O–H groups in total. The van der Waals surface area contributed by atoms with E-state index in [4.69, 9.17) is 16.3 Å². The average Bonchev–Trinajstić information content (AvgIpc) is 2.65. The lowest BCUT2D eigenvalue weighted by molar-refractivity contribution is -0.0130. The van der Waals surface area contributed by atoms with Gasteiger partial charge in [0.2, 0.25) is 0 Å². The molecule has 8 nitrogen and oxygen atoms in total. The van der Waals surface area contributed by atoms with Gasteiger partial charge in [-0.3, -0.25) is 9.36 Å². The van der Waals surface area contributed by atoms with Crippen LogP contribution in [0, 0.1) is 6.92 Å². The van der Waals surface area contributed by atoms with E-state index in [-0.39, 0.29) is 18.5 Å². The highest BCUT2D eigenvalue weighted by Crippen LogP contribution is 2.23. The van der Waals surface area contributed by atoms with Crippen molar-refractivity contribution in [1.29, 1.82) is 0 Å². The number of carbonyl (C=O) groups excluding carboxylic acids is 1. The van der Waals surface area contributed by atoms with Gasteiger partial charge in [-0.1, -0.05) is 11.6 Å². The van der Waals surface area contributed by atoms with Crippen molar-refractivity contribution < 1.29 is 19.7 Å². The molecule has 3 atom stereocenters. The maximum Gasteiger partial charge on any atom is 0.409 e. The van der Waals surface area contributed by atoms with E-state index in [0.29, 0.717) is 35.3 Å². The first-order valence-electron chi connectivity index (χ1n) is 9.17. The maximum atomic E-state index is 12.8. The van der Waals surface area contributed by atoms with Crippen LogP contribution in [0.5, 0.6) is 0 Å². The molecule has 1 aromatic carbocycles. The van der Waals surface area contributed by atoms with Crippen LogP contribution in [0.4, 0.5) is 4.79 Å². The number of aromatic nitrogens is 2. The molecule has 1 amide bonds. The van der Waals surface area contributed by atoms with E-state index >= 15 is 0 Å². The summed E-state index contributed by atoms with van der Waals surface area (Å²) in [6.45, 7) is 2.27. The van der Waals surface area contributed by atoms with E-state index in [0.717, 1.165) is 5.56 Å². The van der Waals surface area contributed by atoms with Crippen LogP contribution in [0.1, 0.15) is 24.8 Å². The average molecular weight is 410 g/mol. The SMILES string of the molecule is COC(=O)N1CCC[C@H](O)[C@H]1C[C@H](O)Cn1cnc2c(C)cc(Cl)cc2c1=O. The fourth-order valence-electron chi connectivity index (χ4n) is 3.78. The van der Waals surface area contributed by atoms with E-state index < -0.39 is 24.3 Å². The second-order valence-electron chi connectivity index (χ2n) is 7.15. The Labute approximate surface area is 167 Å². The fraction of sp³-hybridized carbons (Fsp3) is 0.526. The van der Waals surface area contributed by atoms with E-state index in [9.17, 15) is 19.8 Å². The number of fused-ring (bicyclic) bond motifs is 1. The van der Waals surface area contributed by atoms with Gasteiger partial charge < -0.3 is 19.8 Å². The third-order valence-corrected chi connectivity index (χ3v) is 5.37. The summed E-state index contributed by atoms with van der Waals surface area (Å²) in [6, 6.07) is 2.73. The summed E-state index contributed by atoms with van der Waals surface area (Å²) in [5.74, 6) is 0. The van der Waals surface area contributed by atoms with Crippen molar-refractivity contribution >= 4 is 28.6 Å². The lowest BCUT2D eigenvalue weighted by Crippen LogP contribution is -2.52. The number of hydrogen-bond acceptors (Lipinski definition) is 6. The summed E-state index contributed by atoms with van der Waals surface area (Å²) in [5, 5.41) is 21.7. The highest BCUT2D eigenvalue weighted by molar-refractivity contribution is 6.31. The molecule has 28 heavy (non-hydrogen) atoms. The van der Waals surface area contributed by atoms with Crippen LogP contribution < -0.4 is 5.56 Å². The van der Waals surface area contributed by atoms with Gasteiger partial charge in [-0.25, -0.2) is 9.78 Å². The Morgan fingerprint density at radius 1 is 1.46 bits per heavy atom. The Bertz CT molecular complexity index is 932. The molecular weight excluding hydrogens is 386 g/mol. The molecule has 152 valence electrons. The quantitative estimate of drug-likeness (QED) is 0.796. The number of likely N-dealkylation sites (tertiary alicyclic amines) is 1. The molecule has 2 heterocycles. The minimum Gasteiger partial charge on any atom is -0.453 e. The monoisotopic (exact) mass is 409 g/mol. The van der Waals surface area contributed by atoms with Crippen molar-refractivity contribution in [1.82, 2.24) is 14.5 Å². The maximum absolute atomic E-state index is 12.8. The molecule has 0 unspecified atom stereocenters. The number of halogens is 1. The third kappa shape index (κ3) is 4.14. The summed E-state index contributed by atoms with van der Waals surface area (Å²) in [5.41, 5.74) is 1.06. The van der Waals surface area contributed by atoms with Crippen molar-refractivity contribution in [2.45, 2.75) is 51.0 Å². The number of benzene rings is 1. The van der Waals surface area contributed by atoms with Crippen LogP contribution in [0.25, 0.3) is 10.9 Å². The molecule has 2 aromatic rings. The molecule has 1 aliphatic heterocycles. The van der Waals surface area contributed by atoms with Gasteiger partial charge in [0.05, 0.1) is 49.1 Å². The Balaban J connectivity index is 1.80. The number of piperidine rings is 1. The number of hydrogen-bond donors (Lipinski definition) is 2. The minimum atomic E-state index is -0.956. The van der Waals surface area contributed by atoms with Crippen molar-refractivity contribution in [3.05, 3.63) is 39.4 Å². The number of aryl methyl sites for hydroxylation is 1. The van der Waals surface area contributed by atoms with Crippen molar-refractivity contribution in [2.75, 3.05) is 13.7 Å². The van der Waals surface area contributed by atoms with E-state index in [1.807, 2.05) is 6.92 Å². The lowest BCUT2D eigenvalue weighted by atomic mass is 9.94. The molecule has 3 rings (SSSR count). The number of aliphatic hydroxyl groups excluding tert-OH is 2. The molecule has 1 aliphatic rings. The van der Waals surface area contributed by atoms with E-state index in [1.54, 1.807) is 12.1 Å². The zero-order valence-electron chi connectivity index (χ0n) is 15.8. The normalized spacial score (nSPS) is 21.0. The van der Waals surface area contributed by atoms with E-state index in [1.165, 1.54) is 22.9 Å². The van der Waals surface area contributed by atoms with Gasteiger partial charge >= 0.3 is 6.09 Å². The fourth-order valence-corrected chi connectivity index (χ4v) is 4.05. The van der Waals surface area contributed by atoms with Crippen molar-refractivity contribution in [2.24, 2.45) is 0 Å². The number of nitrogens with zero attached hydrogens (tertiary/aromatic N) is 3. The number of methoxy groups -OCH3 is 1. The molecule has 0 bridgehead atoms. The van der Waals surface area contributed by atoms with Gasteiger partial charge in [0.15, 0.2) is 0 Å². The highest BCUT2D eigenvalue weighted by Gasteiger charge is 2.35. The number of amides is 1. The molecule has 0 spiro atoms. The zero-order valence-corrected chi connectivity index (χ0v) is 16.6. The first-order chi connectivity index (χ1) is 13.3. The van der Waals surface area contributed by atoms with Crippen LogP contribution in [-0.2, 0) is 11.3 Å². The first-order valence-corrected chi connectivity index (χ1v) is 9.55. The summed E-state index contributed by atoms with van der Waals surface area (Å²) in [6.07, 6.45) is 0.472. The first kappa shape index (κ1) is 20.6. The molecule has 1 aromatic heterocycles. The van der Waals surface area contributed by atoms with Gasteiger partial charge in [0.25, 0.3) is 5.56 Å². The third-order valence-electron chi connectivity index (χ3n) is 5.16. The summed E-state index contributed by atoms with van der Waals surface area (Å²) in [4.78, 5) is 30.5. The predicted molar refractivity (Wildman–Crippen MR) is 105 cm³/mol. The summed E-state index contributed by atoms with van der Waals surface area (Å²) < 4.78 is 6.09. The van der Waals surface area contributed by atoms with Crippen LogP contribution >= 0.6 is 11.6 Å². The smallest absolute Gasteiger partial charge is 0.409 e. The minimum absolute atomic E-state index is 0.00837. The van der Waals surface area contributed by atoms with Crippen LogP contribution in [-0.4, -0.2) is 62.7 Å². The van der Waals surface area contributed by atoms with Crippen LogP contribution in [0.15, 0.2) is 23.3 Å². The molecule has 1 saturated heterocycles. The number of aliphatic hydroxyl groups is 2. The highest BCUT2D eigenvalue weighted by atomic mass is 35.5. The van der Waals surface area contributed by atoms with Crippen molar-refractivity contribution in [3.63, 3.8) is 0 Å².